The van der Waals surface area contributed by atoms with E-state index >= 15 is 0 Å². The van der Waals surface area contributed by atoms with Crippen LogP contribution in [-0.2, 0) is 0 Å². The van der Waals surface area contributed by atoms with Crippen LogP contribution in [0.4, 0.5) is 4.39 Å². The van der Waals surface area contributed by atoms with Crippen LogP contribution in [0.2, 0.25) is 0 Å². The zero-order valence-electron chi connectivity index (χ0n) is 22.5. The van der Waals surface area contributed by atoms with Crippen molar-refractivity contribution in [2.24, 2.45) is 5.73 Å². The second kappa shape index (κ2) is 11.9. The summed E-state index contributed by atoms with van der Waals surface area (Å²) in [6.45, 7) is 5.71. The molecule has 9 heteroatoms. The molecule has 1 unspecified atom stereocenters. The molecular weight excluding hydrogens is 634 g/mol. The van der Waals surface area contributed by atoms with Crippen LogP contribution in [0.3, 0.4) is 0 Å². The quantitative estimate of drug-likeness (QED) is 0.0895. The van der Waals surface area contributed by atoms with E-state index in [1.165, 1.54) is 6.08 Å². The first-order valence-electron chi connectivity index (χ1n) is 13.4. The first kappa shape index (κ1) is 28.5. The molecule has 2 aliphatic rings. The molecule has 1 heterocycles. The molecular formula is C32H30FIN4O3. The molecule has 2 aliphatic carbocycles. The Labute approximate surface area is 250 Å². The number of nitrogens with one attached hydrogen (secondary N) is 3. The zero-order valence-corrected chi connectivity index (χ0v) is 24.7. The molecule has 2 aromatic carbocycles. The van der Waals surface area contributed by atoms with Gasteiger partial charge in [-0.2, -0.15) is 0 Å². The topological polar surface area (TPSA) is 121 Å². The van der Waals surface area contributed by atoms with Crippen LogP contribution >= 0.6 is 22.6 Å². The highest BCUT2D eigenvalue weighted by atomic mass is 127. The van der Waals surface area contributed by atoms with Gasteiger partial charge in [-0.15, -0.1) is 0 Å². The maximum atomic E-state index is 14.3. The van der Waals surface area contributed by atoms with E-state index in [4.69, 9.17) is 15.6 Å². The van der Waals surface area contributed by atoms with Gasteiger partial charge in [-0.25, -0.2) is 4.39 Å². The van der Waals surface area contributed by atoms with Crippen LogP contribution in [0.25, 0.3) is 16.5 Å². The smallest absolute Gasteiger partial charge is 0.251 e. The lowest BCUT2D eigenvalue weighted by Crippen LogP contribution is -2.26. The number of halogens is 2. The molecule has 5 rings (SSSR count). The number of nitrogens with two attached hydrogens (primary N) is 1. The molecule has 5 N–H and O–H groups in total. The SMILES string of the molecule is C=C(N)/C(C(=N)c1cccc(C(=O)NC2CC2)c1)=C(\I)NC(C)c1oc2ccccc2c(=O)c1C1=CCCC(F)=C1. The van der Waals surface area contributed by atoms with E-state index in [-0.39, 0.29) is 34.6 Å². The number of hydrogen-bond donors (Lipinski definition) is 4. The molecule has 41 heavy (non-hydrogen) atoms. The monoisotopic (exact) mass is 664 g/mol. The normalized spacial score (nSPS) is 16.3. The Hall–Kier alpha value is -3.99. The number of carbonyl (C=O) groups is 1. The van der Waals surface area contributed by atoms with Gasteiger partial charge in [0.15, 0.2) is 0 Å². The lowest BCUT2D eigenvalue weighted by Gasteiger charge is -2.21. The van der Waals surface area contributed by atoms with E-state index in [2.05, 4.69) is 17.2 Å². The lowest BCUT2D eigenvalue weighted by molar-refractivity contribution is 0.0951. The summed E-state index contributed by atoms with van der Waals surface area (Å²) in [5, 5.41) is 15.6. The van der Waals surface area contributed by atoms with Crippen molar-refractivity contribution in [3.8, 4) is 0 Å². The summed E-state index contributed by atoms with van der Waals surface area (Å²) in [5.74, 6) is -0.131. The summed E-state index contributed by atoms with van der Waals surface area (Å²) in [6.07, 6.45) is 5.96. The summed E-state index contributed by atoms with van der Waals surface area (Å²) >= 11 is 2.05. The third-order valence-electron chi connectivity index (χ3n) is 7.03. The van der Waals surface area contributed by atoms with Gasteiger partial charge in [-0.3, -0.25) is 15.0 Å². The van der Waals surface area contributed by atoms with E-state index in [9.17, 15) is 14.0 Å². The minimum Gasteiger partial charge on any atom is -0.458 e. The van der Waals surface area contributed by atoms with Crippen molar-refractivity contribution in [2.45, 2.75) is 44.7 Å². The maximum absolute atomic E-state index is 14.3. The first-order valence-corrected chi connectivity index (χ1v) is 14.5. The Morgan fingerprint density at radius 2 is 1.93 bits per heavy atom. The number of hydrogen-bond acceptors (Lipinski definition) is 6. The summed E-state index contributed by atoms with van der Waals surface area (Å²) < 4.78 is 21.0. The van der Waals surface area contributed by atoms with Crippen molar-refractivity contribution >= 4 is 50.8 Å². The highest BCUT2D eigenvalue weighted by molar-refractivity contribution is 14.1. The Kier molecular flexibility index (Phi) is 8.25. The molecule has 0 spiro atoms. The van der Waals surface area contributed by atoms with Crippen LogP contribution in [0.5, 0.6) is 0 Å². The largest absolute Gasteiger partial charge is 0.458 e. The zero-order chi connectivity index (χ0) is 29.3. The summed E-state index contributed by atoms with van der Waals surface area (Å²) in [5.41, 5.74) is 8.68. The van der Waals surface area contributed by atoms with E-state index < -0.39 is 6.04 Å². The lowest BCUT2D eigenvalue weighted by atomic mass is 9.94. The number of amides is 1. The Morgan fingerprint density at radius 3 is 2.63 bits per heavy atom. The van der Waals surface area contributed by atoms with Crippen molar-refractivity contribution < 1.29 is 13.6 Å². The average molecular weight is 665 g/mol. The third-order valence-corrected chi connectivity index (χ3v) is 7.88. The van der Waals surface area contributed by atoms with Gasteiger partial charge in [0.25, 0.3) is 5.91 Å². The Balaban J connectivity index is 1.52. The molecule has 1 saturated carbocycles. The number of para-hydroxylation sites is 1. The fourth-order valence-corrected chi connectivity index (χ4v) is 5.86. The molecule has 1 fully saturated rings. The van der Waals surface area contributed by atoms with Gasteiger partial charge in [0.2, 0.25) is 5.43 Å². The minimum absolute atomic E-state index is 0.0860. The molecule has 7 nitrogen and oxygen atoms in total. The molecule has 0 bridgehead atoms. The predicted octanol–water partition coefficient (Wildman–Crippen LogP) is 6.55. The van der Waals surface area contributed by atoms with Gasteiger partial charge in [0.1, 0.15) is 17.2 Å². The fourth-order valence-electron chi connectivity index (χ4n) is 4.77. The summed E-state index contributed by atoms with van der Waals surface area (Å²) in [4.78, 5) is 26.2. The van der Waals surface area contributed by atoms with Crippen LogP contribution in [-0.4, -0.2) is 17.7 Å². The maximum Gasteiger partial charge on any atom is 0.251 e. The molecule has 0 saturated heterocycles. The van der Waals surface area contributed by atoms with Crippen LogP contribution in [0.15, 0.2) is 97.3 Å². The molecule has 0 radical (unpaired) electrons. The average Bonchev–Trinajstić information content (AvgIpc) is 3.77. The molecule has 3 aromatic rings. The van der Waals surface area contributed by atoms with Crippen LogP contribution in [0.1, 0.15) is 65.9 Å². The highest BCUT2D eigenvalue weighted by Gasteiger charge is 2.26. The number of allylic oxidation sites excluding steroid dienone is 5. The van der Waals surface area contributed by atoms with Gasteiger partial charge in [-0.05, 0) is 84.7 Å². The van der Waals surface area contributed by atoms with Crippen molar-refractivity contribution in [2.75, 3.05) is 0 Å². The highest BCUT2D eigenvalue weighted by Crippen LogP contribution is 2.32. The predicted molar refractivity (Wildman–Crippen MR) is 169 cm³/mol. The van der Waals surface area contributed by atoms with Crippen LogP contribution < -0.4 is 21.8 Å². The number of rotatable bonds is 9. The summed E-state index contributed by atoms with van der Waals surface area (Å²) in [7, 11) is 0. The number of benzene rings is 2. The van der Waals surface area contributed by atoms with Gasteiger partial charge in [0.05, 0.1) is 32.0 Å². The second-order valence-electron chi connectivity index (χ2n) is 10.2. The van der Waals surface area contributed by atoms with E-state index in [1.54, 1.807) is 48.5 Å². The Bertz CT molecular complexity index is 1730. The van der Waals surface area contributed by atoms with Crippen molar-refractivity contribution in [3.05, 3.63) is 121 Å². The third kappa shape index (κ3) is 6.19. The standard InChI is InChI=1S/C32H30FIN4O3/c1-17(35)26(28(36)20-8-5-9-21(15-20)32(40)38-23-13-14-23)31(34)37-18(2)30-27(19-7-6-10-22(33)16-19)29(39)24-11-3-4-12-25(24)41-30/h3-5,7-9,11-12,15-16,18,23,36-37H,1,6,10,13-14,35H2,2H3,(H,38,40)/b31-26-,36-28?. The van der Waals surface area contributed by atoms with E-state index in [0.29, 0.717) is 61.1 Å². The molecule has 1 amide bonds. The fraction of sp³-hybridized carbons (Fsp3) is 0.219. The molecule has 210 valence electrons. The molecule has 1 aromatic heterocycles. The van der Waals surface area contributed by atoms with Gasteiger partial charge < -0.3 is 20.8 Å². The van der Waals surface area contributed by atoms with Gasteiger partial charge >= 0.3 is 0 Å². The first-order chi connectivity index (χ1) is 19.6. The van der Waals surface area contributed by atoms with Crippen LogP contribution in [0, 0.1) is 5.41 Å². The van der Waals surface area contributed by atoms with E-state index in [0.717, 1.165) is 12.8 Å². The van der Waals surface area contributed by atoms with Crippen molar-refractivity contribution in [1.82, 2.24) is 10.6 Å². The summed E-state index contributed by atoms with van der Waals surface area (Å²) in [6, 6.07) is 13.4. The number of fused-ring (bicyclic) bond motifs is 1. The van der Waals surface area contributed by atoms with Gasteiger partial charge in [-0.1, -0.05) is 36.9 Å². The Morgan fingerprint density at radius 1 is 1.20 bits per heavy atom. The van der Waals surface area contributed by atoms with Crippen molar-refractivity contribution in [1.29, 1.82) is 5.41 Å². The number of carbonyl (C=O) groups excluding carboxylic acids is 1. The minimum atomic E-state index is -0.564. The van der Waals surface area contributed by atoms with Crippen molar-refractivity contribution in [3.63, 3.8) is 0 Å². The van der Waals surface area contributed by atoms with E-state index in [1.807, 2.05) is 35.6 Å². The van der Waals surface area contributed by atoms with Gasteiger partial charge in [0, 0.05) is 29.3 Å². The second-order valence-corrected chi connectivity index (χ2v) is 11.3. The molecule has 1 atom stereocenters. The molecule has 0 aliphatic heterocycles.